The van der Waals surface area contributed by atoms with Gasteiger partial charge in [-0.2, -0.15) is 0 Å². The van der Waals surface area contributed by atoms with Gasteiger partial charge in [0.1, 0.15) is 11.5 Å². The molecule has 1 aromatic heterocycles. The van der Waals surface area contributed by atoms with Crippen molar-refractivity contribution in [1.29, 1.82) is 0 Å². The van der Waals surface area contributed by atoms with E-state index in [4.69, 9.17) is 16.0 Å². The molecule has 0 radical (unpaired) electrons. The Morgan fingerprint density at radius 3 is 2.41 bits per heavy atom. The summed E-state index contributed by atoms with van der Waals surface area (Å²) in [6.07, 6.45) is 2.97. The molecule has 27 heavy (non-hydrogen) atoms. The highest BCUT2D eigenvalue weighted by Crippen LogP contribution is 2.15. The van der Waals surface area contributed by atoms with Gasteiger partial charge in [0.2, 0.25) is 0 Å². The molecule has 2 aromatic carbocycles. The summed E-state index contributed by atoms with van der Waals surface area (Å²) >= 11 is 6.12. The molecule has 2 amide bonds. The zero-order chi connectivity index (χ0) is 19.1. The third-order valence-corrected chi connectivity index (χ3v) is 4.12. The number of rotatable bonds is 6. The van der Waals surface area contributed by atoms with Crippen LogP contribution in [0.1, 0.15) is 21.7 Å². The Morgan fingerprint density at radius 2 is 1.70 bits per heavy atom. The van der Waals surface area contributed by atoms with Crippen LogP contribution in [0, 0.1) is 0 Å². The Kier molecular flexibility index (Phi) is 6.07. The first-order valence-electron chi connectivity index (χ1n) is 8.26. The van der Waals surface area contributed by atoms with Gasteiger partial charge in [0.15, 0.2) is 0 Å². The maximum absolute atomic E-state index is 12.6. The van der Waals surface area contributed by atoms with Crippen LogP contribution in [-0.4, -0.2) is 11.8 Å². The molecular weight excluding hydrogens is 364 g/mol. The largest absolute Gasteiger partial charge is 0.465 e. The van der Waals surface area contributed by atoms with Gasteiger partial charge < -0.3 is 15.1 Å². The minimum atomic E-state index is -0.449. The number of furan rings is 1. The van der Waals surface area contributed by atoms with E-state index >= 15 is 0 Å². The average molecular weight is 381 g/mol. The Morgan fingerprint density at radius 1 is 0.963 bits per heavy atom. The van der Waals surface area contributed by atoms with Crippen LogP contribution >= 0.6 is 11.6 Å². The summed E-state index contributed by atoms with van der Waals surface area (Å²) in [7, 11) is 0. The summed E-state index contributed by atoms with van der Waals surface area (Å²) in [5.74, 6) is -0.386. The summed E-state index contributed by atoms with van der Waals surface area (Å²) in [5, 5.41) is 5.96. The fourth-order valence-corrected chi connectivity index (χ4v) is 2.57. The number of carbonyl (C=O) groups is 2. The van der Waals surface area contributed by atoms with E-state index in [1.54, 1.807) is 42.5 Å². The molecule has 0 aliphatic rings. The van der Waals surface area contributed by atoms with E-state index in [9.17, 15) is 9.59 Å². The monoisotopic (exact) mass is 380 g/mol. The minimum Gasteiger partial charge on any atom is -0.465 e. The summed E-state index contributed by atoms with van der Waals surface area (Å²) in [4.78, 5) is 25.1. The third kappa shape index (κ3) is 5.09. The predicted octanol–water partition coefficient (Wildman–Crippen LogP) is 4.02. The molecule has 1 heterocycles. The SMILES string of the molecule is O=C(NCc1ccccc1Cl)C(=Cc1ccco1)NC(=O)c1ccccc1. The van der Waals surface area contributed by atoms with Crippen LogP contribution in [-0.2, 0) is 11.3 Å². The lowest BCUT2D eigenvalue weighted by molar-refractivity contribution is -0.117. The van der Waals surface area contributed by atoms with Gasteiger partial charge >= 0.3 is 0 Å². The zero-order valence-corrected chi connectivity index (χ0v) is 15.1. The van der Waals surface area contributed by atoms with Crippen LogP contribution in [0.4, 0.5) is 0 Å². The van der Waals surface area contributed by atoms with Crippen molar-refractivity contribution in [1.82, 2.24) is 10.6 Å². The highest BCUT2D eigenvalue weighted by Gasteiger charge is 2.15. The standard InChI is InChI=1S/C21H17ClN2O3/c22-18-11-5-4-9-16(18)14-23-21(26)19(13-17-10-6-12-27-17)24-20(25)15-7-2-1-3-8-15/h1-13H,14H2,(H,23,26)(H,24,25). The maximum atomic E-state index is 12.6. The molecule has 136 valence electrons. The van der Waals surface area contributed by atoms with Crippen LogP contribution < -0.4 is 10.6 Å². The van der Waals surface area contributed by atoms with Gasteiger partial charge in [-0.05, 0) is 35.9 Å². The van der Waals surface area contributed by atoms with Crippen LogP contribution in [0.2, 0.25) is 5.02 Å². The van der Waals surface area contributed by atoms with Gasteiger partial charge in [-0.15, -0.1) is 0 Å². The van der Waals surface area contributed by atoms with E-state index in [1.807, 2.05) is 24.3 Å². The number of hydrogen-bond donors (Lipinski definition) is 2. The lowest BCUT2D eigenvalue weighted by Gasteiger charge is -2.11. The summed E-state index contributed by atoms with van der Waals surface area (Å²) < 4.78 is 5.25. The quantitative estimate of drug-likeness (QED) is 0.634. The van der Waals surface area contributed by atoms with Gasteiger partial charge in [-0.1, -0.05) is 48.0 Å². The molecule has 3 rings (SSSR count). The second-order valence-corrected chi connectivity index (χ2v) is 6.07. The average Bonchev–Trinajstić information content (AvgIpc) is 3.20. The lowest BCUT2D eigenvalue weighted by Crippen LogP contribution is -2.34. The first-order valence-corrected chi connectivity index (χ1v) is 8.64. The zero-order valence-electron chi connectivity index (χ0n) is 14.3. The van der Waals surface area contributed by atoms with E-state index < -0.39 is 5.91 Å². The third-order valence-electron chi connectivity index (χ3n) is 3.76. The smallest absolute Gasteiger partial charge is 0.268 e. The first-order chi connectivity index (χ1) is 13.1. The lowest BCUT2D eigenvalue weighted by atomic mass is 10.2. The molecule has 0 aliphatic heterocycles. The molecular formula is C21H17ClN2O3. The molecule has 0 saturated heterocycles. The highest BCUT2D eigenvalue weighted by atomic mass is 35.5. The molecule has 0 fully saturated rings. The highest BCUT2D eigenvalue weighted by molar-refractivity contribution is 6.31. The number of halogens is 1. The predicted molar refractivity (Wildman–Crippen MR) is 104 cm³/mol. The van der Waals surface area contributed by atoms with Gasteiger partial charge in [0.05, 0.1) is 6.26 Å². The van der Waals surface area contributed by atoms with Crippen molar-refractivity contribution >= 4 is 29.5 Å². The van der Waals surface area contributed by atoms with Crippen LogP contribution in [0.5, 0.6) is 0 Å². The fourth-order valence-electron chi connectivity index (χ4n) is 2.37. The van der Waals surface area contributed by atoms with Crippen LogP contribution in [0.15, 0.2) is 83.1 Å². The van der Waals surface area contributed by atoms with Crippen molar-refractivity contribution in [3.05, 3.63) is 101 Å². The van der Waals surface area contributed by atoms with Crippen LogP contribution in [0.3, 0.4) is 0 Å². The van der Waals surface area contributed by atoms with E-state index in [0.717, 1.165) is 5.56 Å². The second-order valence-electron chi connectivity index (χ2n) is 5.67. The number of amides is 2. The van der Waals surface area contributed by atoms with Crippen molar-refractivity contribution in [2.45, 2.75) is 6.54 Å². The Bertz CT molecular complexity index is 951. The molecule has 0 aliphatic carbocycles. The molecule has 0 atom stereocenters. The van der Waals surface area contributed by atoms with E-state index in [0.29, 0.717) is 16.3 Å². The molecule has 0 bridgehead atoms. The van der Waals surface area contributed by atoms with Crippen LogP contribution in [0.25, 0.3) is 6.08 Å². The van der Waals surface area contributed by atoms with E-state index in [1.165, 1.54) is 12.3 Å². The van der Waals surface area contributed by atoms with Crippen molar-refractivity contribution in [3.8, 4) is 0 Å². The Labute approximate surface area is 161 Å². The fraction of sp³-hybridized carbons (Fsp3) is 0.0476. The molecule has 3 aromatic rings. The van der Waals surface area contributed by atoms with Gasteiger partial charge in [0.25, 0.3) is 11.8 Å². The van der Waals surface area contributed by atoms with Crippen molar-refractivity contribution in [2.24, 2.45) is 0 Å². The van der Waals surface area contributed by atoms with E-state index in [-0.39, 0.29) is 18.1 Å². The van der Waals surface area contributed by atoms with Crippen molar-refractivity contribution in [2.75, 3.05) is 0 Å². The summed E-state index contributed by atoms with van der Waals surface area (Å²) in [6.45, 7) is 0.231. The number of hydrogen-bond acceptors (Lipinski definition) is 3. The first kappa shape index (κ1) is 18.5. The molecule has 5 nitrogen and oxygen atoms in total. The molecule has 0 spiro atoms. The summed E-state index contributed by atoms with van der Waals surface area (Å²) in [5.41, 5.74) is 1.30. The van der Waals surface area contributed by atoms with Crippen molar-refractivity contribution < 1.29 is 14.0 Å². The van der Waals surface area contributed by atoms with Gasteiger partial charge in [-0.25, -0.2) is 0 Å². The molecule has 2 N–H and O–H groups in total. The molecule has 0 unspecified atom stereocenters. The number of carbonyl (C=O) groups excluding carboxylic acids is 2. The van der Waals surface area contributed by atoms with Gasteiger partial charge in [0, 0.05) is 23.2 Å². The number of benzene rings is 2. The Hall–Kier alpha value is -3.31. The maximum Gasteiger partial charge on any atom is 0.268 e. The second kappa shape index (κ2) is 8.87. The Balaban J connectivity index is 1.76. The topological polar surface area (TPSA) is 71.3 Å². The number of nitrogens with one attached hydrogen (secondary N) is 2. The van der Waals surface area contributed by atoms with E-state index in [2.05, 4.69) is 10.6 Å². The summed E-state index contributed by atoms with van der Waals surface area (Å²) in [6, 6.07) is 19.3. The van der Waals surface area contributed by atoms with Crippen molar-refractivity contribution in [3.63, 3.8) is 0 Å². The normalized spacial score (nSPS) is 11.1. The molecule has 6 heteroatoms. The van der Waals surface area contributed by atoms with Gasteiger partial charge in [-0.3, -0.25) is 9.59 Å². The minimum absolute atomic E-state index is 0.0749. The molecule has 0 saturated carbocycles.